The van der Waals surface area contributed by atoms with Crippen LogP contribution in [0.2, 0.25) is 0 Å². The highest BCUT2D eigenvalue weighted by atomic mass is 32.2. The van der Waals surface area contributed by atoms with Gasteiger partial charge in [0.25, 0.3) is 10.2 Å². The molecule has 5 nitrogen and oxygen atoms in total. The van der Waals surface area contributed by atoms with Crippen molar-refractivity contribution >= 4 is 10.2 Å². The Bertz CT molecular complexity index is 299. The maximum atomic E-state index is 12.3. The minimum atomic E-state index is -3.27. The van der Waals surface area contributed by atoms with Crippen molar-refractivity contribution in [3.05, 3.63) is 0 Å². The van der Waals surface area contributed by atoms with E-state index in [9.17, 15) is 8.42 Å². The molecule has 1 rings (SSSR count). The van der Waals surface area contributed by atoms with E-state index in [0.717, 1.165) is 19.3 Å². The first kappa shape index (κ1) is 13.9. The zero-order chi connectivity index (χ0) is 12.2. The van der Waals surface area contributed by atoms with Crippen LogP contribution in [-0.4, -0.2) is 49.2 Å². The molecule has 0 radical (unpaired) electrons. The number of hydrogen-bond acceptors (Lipinski definition) is 3. The molecule has 0 aliphatic carbocycles. The van der Waals surface area contributed by atoms with Crippen molar-refractivity contribution in [3.63, 3.8) is 0 Å². The summed E-state index contributed by atoms with van der Waals surface area (Å²) in [7, 11) is -3.27. The molecular formula is C10H23N3O2S. The molecule has 0 saturated carbocycles. The number of nitrogens with two attached hydrogens (primary N) is 1. The summed E-state index contributed by atoms with van der Waals surface area (Å²) in [6.07, 6.45) is 2.46. The molecule has 1 aliphatic rings. The van der Waals surface area contributed by atoms with Gasteiger partial charge in [-0.15, -0.1) is 0 Å². The van der Waals surface area contributed by atoms with Crippen molar-refractivity contribution in [2.45, 2.75) is 39.2 Å². The zero-order valence-electron chi connectivity index (χ0n) is 10.2. The van der Waals surface area contributed by atoms with Crippen LogP contribution in [0.5, 0.6) is 0 Å². The monoisotopic (exact) mass is 249 g/mol. The van der Waals surface area contributed by atoms with Crippen molar-refractivity contribution in [1.82, 2.24) is 8.61 Å². The Morgan fingerprint density at radius 1 is 1.31 bits per heavy atom. The van der Waals surface area contributed by atoms with Crippen LogP contribution in [0.1, 0.15) is 33.1 Å². The summed E-state index contributed by atoms with van der Waals surface area (Å²) in [6, 6.07) is -0.000113. The predicted octanol–water partition coefficient (Wildman–Crippen LogP) is 0.386. The van der Waals surface area contributed by atoms with E-state index >= 15 is 0 Å². The summed E-state index contributed by atoms with van der Waals surface area (Å²) in [5.74, 6) is 0. The summed E-state index contributed by atoms with van der Waals surface area (Å²) in [6.45, 7) is 6.21. The standard InChI is InChI=1S/C10H23N3O2S/c1-3-6-12(7-4-2)16(14,15)13-8-5-10(11)9-13/h10H,3-9,11H2,1-2H3/t10-/m1/s1. The molecule has 1 heterocycles. The van der Waals surface area contributed by atoms with Crippen LogP contribution in [0.15, 0.2) is 0 Å². The quantitative estimate of drug-likeness (QED) is 0.740. The van der Waals surface area contributed by atoms with Gasteiger partial charge in [-0.25, -0.2) is 0 Å². The van der Waals surface area contributed by atoms with Crippen LogP contribution in [0, 0.1) is 0 Å². The van der Waals surface area contributed by atoms with E-state index in [1.807, 2.05) is 13.8 Å². The molecule has 6 heteroatoms. The van der Waals surface area contributed by atoms with Gasteiger partial charge in [-0.3, -0.25) is 0 Å². The lowest BCUT2D eigenvalue weighted by atomic mass is 10.3. The summed E-state index contributed by atoms with van der Waals surface area (Å²) >= 11 is 0. The Morgan fingerprint density at radius 2 is 1.88 bits per heavy atom. The molecule has 0 spiro atoms. The third-order valence-electron chi connectivity index (χ3n) is 2.79. The van der Waals surface area contributed by atoms with E-state index in [-0.39, 0.29) is 6.04 Å². The fourth-order valence-electron chi connectivity index (χ4n) is 1.97. The second-order valence-electron chi connectivity index (χ2n) is 4.31. The smallest absolute Gasteiger partial charge is 0.282 e. The van der Waals surface area contributed by atoms with E-state index in [4.69, 9.17) is 5.73 Å². The molecule has 0 amide bonds. The van der Waals surface area contributed by atoms with Crippen molar-refractivity contribution in [1.29, 1.82) is 0 Å². The van der Waals surface area contributed by atoms with Crippen molar-refractivity contribution in [2.75, 3.05) is 26.2 Å². The van der Waals surface area contributed by atoms with Crippen molar-refractivity contribution in [3.8, 4) is 0 Å². The third-order valence-corrected chi connectivity index (χ3v) is 4.79. The van der Waals surface area contributed by atoms with Gasteiger partial charge in [-0.1, -0.05) is 13.8 Å². The van der Waals surface area contributed by atoms with Gasteiger partial charge in [0, 0.05) is 32.2 Å². The Hall–Kier alpha value is -0.170. The van der Waals surface area contributed by atoms with Gasteiger partial charge >= 0.3 is 0 Å². The molecule has 1 atom stereocenters. The first-order chi connectivity index (χ1) is 7.52. The van der Waals surface area contributed by atoms with E-state index in [1.54, 1.807) is 4.31 Å². The summed E-state index contributed by atoms with van der Waals surface area (Å²) in [4.78, 5) is 0. The van der Waals surface area contributed by atoms with Crippen molar-refractivity contribution < 1.29 is 8.42 Å². The van der Waals surface area contributed by atoms with E-state index < -0.39 is 10.2 Å². The van der Waals surface area contributed by atoms with Crippen LogP contribution >= 0.6 is 0 Å². The van der Waals surface area contributed by atoms with Gasteiger partial charge in [0.1, 0.15) is 0 Å². The lowest BCUT2D eigenvalue weighted by Crippen LogP contribution is -2.44. The van der Waals surface area contributed by atoms with Crippen molar-refractivity contribution in [2.24, 2.45) is 5.73 Å². The van der Waals surface area contributed by atoms with Crippen LogP contribution in [-0.2, 0) is 10.2 Å². The Labute approximate surface area is 98.8 Å². The average molecular weight is 249 g/mol. The third kappa shape index (κ3) is 3.16. The first-order valence-corrected chi connectivity index (χ1v) is 7.42. The fourth-order valence-corrected chi connectivity index (χ4v) is 3.84. The Kier molecular flexibility index (Phi) is 5.17. The van der Waals surface area contributed by atoms with Crippen LogP contribution in [0.4, 0.5) is 0 Å². The number of nitrogens with zero attached hydrogens (tertiary/aromatic N) is 2. The summed E-state index contributed by atoms with van der Waals surface area (Å²) in [5.41, 5.74) is 5.75. The number of hydrogen-bond donors (Lipinski definition) is 1. The highest BCUT2D eigenvalue weighted by molar-refractivity contribution is 7.86. The molecule has 96 valence electrons. The molecule has 1 saturated heterocycles. The molecule has 0 aromatic rings. The first-order valence-electron chi connectivity index (χ1n) is 6.03. The van der Waals surface area contributed by atoms with E-state index in [0.29, 0.717) is 26.2 Å². The molecule has 2 N–H and O–H groups in total. The van der Waals surface area contributed by atoms with Crippen LogP contribution in [0.25, 0.3) is 0 Å². The SMILES string of the molecule is CCCN(CCC)S(=O)(=O)N1CC[C@@H](N)C1. The molecule has 0 unspecified atom stereocenters. The lowest BCUT2D eigenvalue weighted by molar-refractivity contribution is 0.357. The zero-order valence-corrected chi connectivity index (χ0v) is 11.0. The average Bonchev–Trinajstić information content (AvgIpc) is 2.65. The molecule has 0 bridgehead atoms. The fraction of sp³-hybridized carbons (Fsp3) is 1.00. The van der Waals surface area contributed by atoms with Gasteiger partial charge in [0.05, 0.1) is 0 Å². The maximum Gasteiger partial charge on any atom is 0.282 e. The minimum Gasteiger partial charge on any atom is -0.326 e. The second kappa shape index (κ2) is 5.95. The largest absolute Gasteiger partial charge is 0.326 e. The Balaban J connectivity index is 2.72. The normalized spacial score (nSPS) is 23.1. The Morgan fingerprint density at radius 3 is 2.25 bits per heavy atom. The predicted molar refractivity (Wildman–Crippen MR) is 65.2 cm³/mol. The molecule has 16 heavy (non-hydrogen) atoms. The molecule has 1 aliphatic heterocycles. The van der Waals surface area contributed by atoms with Gasteiger partial charge in [-0.2, -0.15) is 17.0 Å². The molecule has 0 aromatic carbocycles. The minimum absolute atomic E-state index is 0.000113. The highest BCUT2D eigenvalue weighted by Crippen LogP contribution is 2.16. The molecule has 1 fully saturated rings. The summed E-state index contributed by atoms with van der Waals surface area (Å²) < 4.78 is 27.6. The highest BCUT2D eigenvalue weighted by Gasteiger charge is 2.33. The van der Waals surface area contributed by atoms with Crippen LogP contribution < -0.4 is 5.73 Å². The lowest BCUT2D eigenvalue weighted by Gasteiger charge is -2.26. The van der Waals surface area contributed by atoms with Gasteiger partial charge in [-0.05, 0) is 19.3 Å². The topological polar surface area (TPSA) is 66.6 Å². The van der Waals surface area contributed by atoms with Gasteiger partial charge in [0.2, 0.25) is 0 Å². The number of rotatable bonds is 6. The summed E-state index contributed by atoms with van der Waals surface area (Å²) in [5, 5.41) is 0. The van der Waals surface area contributed by atoms with Crippen LogP contribution in [0.3, 0.4) is 0 Å². The molecular weight excluding hydrogens is 226 g/mol. The second-order valence-corrected chi connectivity index (χ2v) is 6.24. The maximum absolute atomic E-state index is 12.3. The molecule has 0 aromatic heterocycles. The van der Waals surface area contributed by atoms with E-state index in [2.05, 4.69) is 0 Å². The van der Waals surface area contributed by atoms with E-state index in [1.165, 1.54) is 4.31 Å². The van der Waals surface area contributed by atoms with Gasteiger partial charge < -0.3 is 5.73 Å². The van der Waals surface area contributed by atoms with Gasteiger partial charge in [0.15, 0.2) is 0 Å².